The van der Waals surface area contributed by atoms with Crippen LogP contribution in [0, 0.1) is 11.5 Å². The lowest BCUT2D eigenvalue weighted by Crippen LogP contribution is -2.43. The second-order valence-electron chi connectivity index (χ2n) is 6.52. The van der Waals surface area contributed by atoms with Gasteiger partial charge >= 0.3 is 5.97 Å². The Morgan fingerprint density at radius 3 is 2.05 bits per heavy atom. The molecule has 3 heteroatoms. The highest BCUT2D eigenvalue weighted by Crippen LogP contribution is 2.40. The zero-order valence-electron chi connectivity index (χ0n) is 14.8. The van der Waals surface area contributed by atoms with Crippen LogP contribution in [0.3, 0.4) is 0 Å². The average molecular weight is 309 g/mol. The lowest BCUT2D eigenvalue weighted by Gasteiger charge is -2.37. The molecule has 0 saturated carbocycles. The molecule has 0 aromatic carbocycles. The third-order valence-corrected chi connectivity index (χ3v) is 10.5. The Kier molecular flexibility index (Phi) is 9.36. The maximum Gasteiger partial charge on any atom is 0.331 e. The van der Waals surface area contributed by atoms with E-state index in [2.05, 4.69) is 59.9 Å². The van der Waals surface area contributed by atoms with E-state index >= 15 is 0 Å². The summed E-state index contributed by atoms with van der Waals surface area (Å²) >= 11 is 0. The van der Waals surface area contributed by atoms with E-state index in [0.717, 1.165) is 12.8 Å². The number of hydrogen-bond donors (Lipinski definition) is 0. The lowest BCUT2D eigenvalue weighted by molar-refractivity contribution is -0.137. The molecule has 2 nitrogen and oxygen atoms in total. The molecule has 120 valence electrons. The molecule has 0 aromatic rings. The fourth-order valence-electron chi connectivity index (χ4n) is 3.07. The van der Waals surface area contributed by atoms with Gasteiger partial charge in [-0.3, -0.25) is 0 Å². The molecule has 0 bridgehead atoms. The van der Waals surface area contributed by atoms with Crippen LogP contribution in [0.2, 0.25) is 16.6 Å². The lowest BCUT2D eigenvalue weighted by atomic mass is 10.4. The number of allylic oxidation sites excluding steroid dienone is 1. The van der Waals surface area contributed by atoms with E-state index < -0.39 is 8.07 Å². The van der Waals surface area contributed by atoms with Crippen molar-refractivity contribution in [3.63, 3.8) is 0 Å². The molecule has 0 aromatic heterocycles. The summed E-state index contributed by atoms with van der Waals surface area (Å²) in [6.07, 6.45) is 5.05. The molecule has 0 saturated heterocycles. The van der Waals surface area contributed by atoms with Gasteiger partial charge in [-0.25, -0.2) is 4.79 Å². The minimum absolute atomic E-state index is 0.288. The van der Waals surface area contributed by atoms with Crippen molar-refractivity contribution in [3.05, 3.63) is 12.2 Å². The molecule has 0 spiro atoms. The molecule has 0 fully saturated rings. The largest absolute Gasteiger partial charge is 0.463 e. The smallest absolute Gasteiger partial charge is 0.331 e. The van der Waals surface area contributed by atoms with Gasteiger partial charge in [0.2, 0.25) is 0 Å². The van der Waals surface area contributed by atoms with E-state index in [0.29, 0.717) is 23.2 Å². The van der Waals surface area contributed by atoms with Gasteiger partial charge < -0.3 is 4.74 Å². The molecule has 21 heavy (non-hydrogen) atoms. The highest BCUT2D eigenvalue weighted by Gasteiger charge is 2.41. The van der Waals surface area contributed by atoms with Crippen LogP contribution in [0.15, 0.2) is 12.2 Å². The van der Waals surface area contributed by atoms with Crippen LogP contribution in [0.4, 0.5) is 0 Å². The van der Waals surface area contributed by atoms with Crippen molar-refractivity contribution in [2.24, 2.45) is 0 Å². The van der Waals surface area contributed by atoms with Crippen molar-refractivity contribution in [1.82, 2.24) is 0 Å². The molecule has 0 radical (unpaired) electrons. The third kappa shape index (κ3) is 6.09. The van der Waals surface area contributed by atoms with Gasteiger partial charge in [0, 0.05) is 6.08 Å². The van der Waals surface area contributed by atoms with Crippen molar-refractivity contribution < 1.29 is 9.53 Å². The maximum atomic E-state index is 11.5. The molecule has 0 aliphatic carbocycles. The minimum atomic E-state index is -1.70. The minimum Gasteiger partial charge on any atom is -0.463 e. The Labute approximate surface area is 132 Å². The first-order valence-electron chi connectivity index (χ1n) is 8.14. The predicted molar refractivity (Wildman–Crippen MR) is 93.8 cm³/mol. The van der Waals surface area contributed by atoms with Crippen LogP contribution in [0.25, 0.3) is 0 Å². The first kappa shape index (κ1) is 20.0. The number of hydrogen-bond acceptors (Lipinski definition) is 2. The summed E-state index contributed by atoms with van der Waals surface area (Å²) in [5.41, 5.74) is 5.37. The maximum absolute atomic E-state index is 11.5. The number of ether oxygens (including phenoxy) is 1. The Balaban J connectivity index is 4.87. The van der Waals surface area contributed by atoms with Crippen LogP contribution in [0.5, 0.6) is 0 Å². The Morgan fingerprint density at radius 2 is 1.62 bits per heavy atom. The van der Waals surface area contributed by atoms with Crippen molar-refractivity contribution in [1.29, 1.82) is 0 Å². The van der Waals surface area contributed by atoms with Crippen molar-refractivity contribution in [3.8, 4) is 11.5 Å². The van der Waals surface area contributed by atoms with E-state index in [1.54, 1.807) is 6.08 Å². The standard InChI is InChI=1S/C18H32O2Si/c1-8-9-13-20-18(19)12-10-11-14-21(15(2)3,16(4)5)17(6)7/h10,12,15-17H,8-9,13H2,1-7H3/b12-10+. The summed E-state index contributed by atoms with van der Waals surface area (Å²) in [7, 11) is -1.70. The second-order valence-corrected chi connectivity index (χ2v) is 12.1. The summed E-state index contributed by atoms with van der Waals surface area (Å²) in [5, 5.41) is 0. The zero-order chi connectivity index (χ0) is 16.5. The van der Waals surface area contributed by atoms with Gasteiger partial charge in [-0.1, -0.05) is 60.8 Å². The molecule has 0 N–H and O–H groups in total. The van der Waals surface area contributed by atoms with Gasteiger partial charge in [0.15, 0.2) is 0 Å². The quantitative estimate of drug-likeness (QED) is 0.215. The normalized spacial score (nSPS) is 12.1. The van der Waals surface area contributed by atoms with E-state index in [-0.39, 0.29) is 5.97 Å². The van der Waals surface area contributed by atoms with Crippen LogP contribution in [-0.4, -0.2) is 20.7 Å². The van der Waals surface area contributed by atoms with E-state index in [9.17, 15) is 4.79 Å². The van der Waals surface area contributed by atoms with E-state index in [4.69, 9.17) is 4.74 Å². The van der Waals surface area contributed by atoms with E-state index in [1.807, 2.05) is 0 Å². The molecule has 0 aliphatic heterocycles. The molecule has 0 unspecified atom stereocenters. The summed E-state index contributed by atoms with van der Waals surface area (Å²) in [6.45, 7) is 16.3. The highest BCUT2D eigenvalue weighted by molar-refractivity contribution is 6.90. The summed E-state index contributed by atoms with van der Waals surface area (Å²) in [4.78, 5) is 11.5. The van der Waals surface area contributed by atoms with Gasteiger partial charge in [0.1, 0.15) is 8.07 Å². The van der Waals surface area contributed by atoms with Crippen molar-refractivity contribution >= 4 is 14.0 Å². The molecular weight excluding hydrogens is 276 g/mol. The molecule has 0 aliphatic rings. The average Bonchev–Trinajstić information content (AvgIpc) is 2.37. The molecule has 0 amide bonds. The summed E-state index contributed by atoms with van der Waals surface area (Å²) in [6, 6.07) is 0. The van der Waals surface area contributed by atoms with Gasteiger partial charge in [0.25, 0.3) is 0 Å². The number of esters is 1. The topological polar surface area (TPSA) is 26.3 Å². The number of carbonyl (C=O) groups is 1. The molecule has 0 atom stereocenters. The van der Waals surface area contributed by atoms with Crippen molar-refractivity contribution in [2.45, 2.75) is 77.9 Å². The SMILES string of the molecule is CCCCOC(=O)/C=C/C#C[Si](C(C)C)(C(C)C)C(C)C. The number of rotatable bonds is 7. The van der Waals surface area contributed by atoms with Gasteiger partial charge in [-0.05, 0) is 29.1 Å². The predicted octanol–water partition coefficient (Wildman–Crippen LogP) is 5.11. The Morgan fingerprint density at radius 1 is 1.10 bits per heavy atom. The van der Waals surface area contributed by atoms with Gasteiger partial charge in [0.05, 0.1) is 6.61 Å². The third-order valence-electron chi connectivity index (χ3n) is 4.20. The van der Waals surface area contributed by atoms with Gasteiger partial charge in [-0.2, -0.15) is 0 Å². The molecule has 0 rings (SSSR count). The fraction of sp³-hybridized carbons (Fsp3) is 0.722. The summed E-state index contributed by atoms with van der Waals surface area (Å²) < 4.78 is 5.07. The Hall–Kier alpha value is -1.01. The molecule has 0 heterocycles. The van der Waals surface area contributed by atoms with Gasteiger partial charge in [-0.15, -0.1) is 5.54 Å². The fourth-order valence-corrected chi connectivity index (χ4v) is 8.27. The highest BCUT2D eigenvalue weighted by atomic mass is 28.3. The monoisotopic (exact) mass is 308 g/mol. The van der Waals surface area contributed by atoms with Crippen LogP contribution >= 0.6 is 0 Å². The Bertz CT molecular complexity index is 375. The summed E-state index contributed by atoms with van der Waals surface area (Å²) in [5.74, 6) is 2.83. The second kappa shape index (κ2) is 9.84. The van der Waals surface area contributed by atoms with Crippen molar-refractivity contribution in [2.75, 3.05) is 6.61 Å². The number of carbonyl (C=O) groups excluding carboxylic acids is 1. The van der Waals surface area contributed by atoms with Crippen LogP contribution in [0.1, 0.15) is 61.3 Å². The number of unbranched alkanes of at least 4 members (excludes halogenated alkanes) is 1. The van der Waals surface area contributed by atoms with Crippen LogP contribution < -0.4 is 0 Å². The van der Waals surface area contributed by atoms with Crippen LogP contribution in [-0.2, 0) is 9.53 Å². The molecular formula is C18H32O2Si. The van der Waals surface area contributed by atoms with E-state index in [1.165, 1.54) is 6.08 Å². The first-order valence-corrected chi connectivity index (χ1v) is 10.4. The zero-order valence-corrected chi connectivity index (χ0v) is 15.8. The first-order chi connectivity index (χ1) is 9.78.